The van der Waals surface area contributed by atoms with E-state index in [1.165, 1.54) is 30.6 Å². The summed E-state index contributed by atoms with van der Waals surface area (Å²) in [7, 11) is 1.54. The smallest absolute Gasteiger partial charge is 0.290 e. The average Bonchev–Trinajstić information content (AvgIpc) is 3.46. The van der Waals surface area contributed by atoms with E-state index < -0.39 is 23.5 Å². The lowest BCUT2D eigenvalue weighted by molar-refractivity contribution is -0.130. The van der Waals surface area contributed by atoms with Gasteiger partial charge in [-0.2, -0.15) is 0 Å². The number of amides is 1. The number of rotatable bonds is 6. The van der Waals surface area contributed by atoms with E-state index in [-0.39, 0.29) is 17.9 Å². The van der Waals surface area contributed by atoms with Gasteiger partial charge in [0, 0.05) is 5.56 Å². The summed E-state index contributed by atoms with van der Waals surface area (Å²) >= 11 is 0. The normalized spacial score (nSPS) is 16.7. The van der Waals surface area contributed by atoms with E-state index in [1.54, 1.807) is 24.3 Å². The Bertz CT molecular complexity index is 1030. The zero-order valence-corrected chi connectivity index (χ0v) is 15.0. The Balaban J connectivity index is 1.77. The molecule has 1 unspecified atom stereocenters. The minimum atomic E-state index is -0.884. The summed E-state index contributed by atoms with van der Waals surface area (Å²) in [5, 5.41) is 10.5. The Morgan fingerprint density at radius 1 is 1.11 bits per heavy atom. The van der Waals surface area contributed by atoms with Crippen molar-refractivity contribution in [3.8, 4) is 5.75 Å². The first-order valence-corrected chi connectivity index (χ1v) is 8.59. The molecule has 0 aliphatic carbocycles. The highest BCUT2D eigenvalue weighted by molar-refractivity contribution is 6.14. The van der Waals surface area contributed by atoms with Gasteiger partial charge in [-0.1, -0.05) is 18.2 Å². The van der Waals surface area contributed by atoms with Crippen molar-refractivity contribution < 1.29 is 28.3 Å². The molecule has 7 nitrogen and oxygen atoms in total. The van der Waals surface area contributed by atoms with Crippen LogP contribution in [0, 0.1) is 0 Å². The monoisotopic (exact) mass is 379 g/mol. The Hall–Kier alpha value is -3.74. The van der Waals surface area contributed by atoms with E-state index in [2.05, 4.69) is 0 Å². The SMILES string of the molecule is COc1ccccc1CN1C(=O)C(O)=C(C(=O)c2ccco2)C1c1ccco1. The lowest BCUT2D eigenvalue weighted by atomic mass is 9.99. The third-order valence-electron chi connectivity index (χ3n) is 4.64. The molecule has 0 fully saturated rings. The second-order valence-electron chi connectivity index (χ2n) is 6.23. The topological polar surface area (TPSA) is 93.1 Å². The van der Waals surface area contributed by atoms with Crippen LogP contribution in [0.4, 0.5) is 0 Å². The Morgan fingerprint density at radius 2 is 1.86 bits per heavy atom. The van der Waals surface area contributed by atoms with Gasteiger partial charge >= 0.3 is 0 Å². The number of aliphatic hydroxyl groups is 1. The maximum absolute atomic E-state index is 12.9. The number of aliphatic hydroxyl groups excluding tert-OH is 1. The molecule has 1 aliphatic heterocycles. The van der Waals surface area contributed by atoms with E-state index in [9.17, 15) is 14.7 Å². The molecule has 0 radical (unpaired) electrons. The first kappa shape index (κ1) is 17.7. The van der Waals surface area contributed by atoms with E-state index in [4.69, 9.17) is 13.6 Å². The summed E-state index contributed by atoms with van der Waals surface area (Å²) in [6.45, 7) is 0.118. The number of ketones is 1. The number of methoxy groups -OCH3 is 1. The van der Waals surface area contributed by atoms with Crippen molar-refractivity contribution in [2.45, 2.75) is 12.6 Å². The number of carbonyl (C=O) groups excluding carboxylic acids is 2. The van der Waals surface area contributed by atoms with Crippen molar-refractivity contribution in [1.29, 1.82) is 0 Å². The summed E-state index contributed by atoms with van der Waals surface area (Å²) < 4.78 is 16.0. The predicted molar refractivity (Wildman–Crippen MR) is 97.7 cm³/mol. The summed E-state index contributed by atoms with van der Waals surface area (Å²) in [5.41, 5.74) is 0.652. The van der Waals surface area contributed by atoms with Crippen LogP contribution in [0.15, 0.2) is 81.2 Å². The lowest BCUT2D eigenvalue weighted by Gasteiger charge is -2.25. The molecule has 28 heavy (non-hydrogen) atoms. The number of hydrogen-bond acceptors (Lipinski definition) is 6. The van der Waals surface area contributed by atoms with Gasteiger partial charge in [0.1, 0.15) is 17.6 Å². The van der Waals surface area contributed by atoms with Gasteiger partial charge < -0.3 is 23.6 Å². The summed E-state index contributed by atoms with van der Waals surface area (Å²) in [6, 6.07) is 12.7. The van der Waals surface area contributed by atoms with Crippen LogP contribution < -0.4 is 4.74 Å². The van der Waals surface area contributed by atoms with Crippen LogP contribution in [0.2, 0.25) is 0 Å². The highest BCUT2D eigenvalue weighted by Crippen LogP contribution is 2.40. The maximum Gasteiger partial charge on any atom is 0.290 e. The zero-order chi connectivity index (χ0) is 19.7. The second kappa shape index (κ2) is 7.11. The van der Waals surface area contributed by atoms with Crippen molar-refractivity contribution in [3.63, 3.8) is 0 Å². The molecule has 142 valence electrons. The van der Waals surface area contributed by atoms with Gasteiger partial charge in [0.05, 0.1) is 31.8 Å². The fourth-order valence-corrected chi connectivity index (χ4v) is 3.35. The molecule has 0 spiro atoms. The van der Waals surface area contributed by atoms with Gasteiger partial charge in [0.15, 0.2) is 11.5 Å². The number of hydrogen-bond donors (Lipinski definition) is 1. The molecule has 7 heteroatoms. The number of nitrogens with zero attached hydrogens (tertiary/aromatic N) is 1. The molecular weight excluding hydrogens is 362 g/mol. The third-order valence-corrected chi connectivity index (χ3v) is 4.64. The standard InChI is InChI=1S/C21H17NO6/c1-26-14-7-3-2-6-13(14)12-22-18(15-8-4-10-27-15)17(20(24)21(22)25)19(23)16-9-5-11-28-16/h2-11,18,24H,12H2,1H3. The minimum absolute atomic E-state index is 0.0325. The lowest BCUT2D eigenvalue weighted by Crippen LogP contribution is -2.30. The third kappa shape index (κ3) is 2.87. The van der Waals surface area contributed by atoms with Crippen LogP contribution in [0.3, 0.4) is 0 Å². The fourth-order valence-electron chi connectivity index (χ4n) is 3.35. The maximum atomic E-state index is 12.9. The molecule has 0 bridgehead atoms. The Morgan fingerprint density at radius 3 is 2.54 bits per heavy atom. The number of ether oxygens (including phenoxy) is 1. The fraction of sp³-hybridized carbons (Fsp3) is 0.143. The summed E-state index contributed by atoms with van der Waals surface area (Å²) in [5.74, 6) is -0.856. The quantitative estimate of drug-likeness (QED) is 0.657. The van der Waals surface area contributed by atoms with Crippen LogP contribution in [0.1, 0.15) is 27.9 Å². The number of benzene rings is 1. The van der Waals surface area contributed by atoms with Gasteiger partial charge in [0.2, 0.25) is 5.78 Å². The van der Waals surface area contributed by atoms with Crippen molar-refractivity contribution in [2.75, 3.05) is 7.11 Å². The van der Waals surface area contributed by atoms with Crippen LogP contribution in [-0.4, -0.2) is 28.8 Å². The second-order valence-corrected chi connectivity index (χ2v) is 6.23. The molecule has 1 aliphatic rings. The van der Waals surface area contributed by atoms with Gasteiger partial charge in [-0.05, 0) is 30.3 Å². The van der Waals surface area contributed by atoms with Crippen molar-refractivity contribution >= 4 is 11.7 Å². The summed E-state index contributed by atoms with van der Waals surface area (Å²) in [6.07, 6.45) is 2.81. The van der Waals surface area contributed by atoms with E-state index >= 15 is 0 Å². The molecule has 4 rings (SSSR count). The molecule has 0 saturated carbocycles. The molecular formula is C21H17NO6. The van der Waals surface area contributed by atoms with Crippen LogP contribution >= 0.6 is 0 Å². The van der Waals surface area contributed by atoms with Crippen LogP contribution in [0.25, 0.3) is 0 Å². The largest absolute Gasteiger partial charge is 0.503 e. The predicted octanol–water partition coefficient (Wildman–Crippen LogP) is 3.66. The molecule has 3 heterocycles. The van der Waals surface area contributed by atoms with Gasteiger partial charge in [-0.3, -0.25) is 9.59 Å². The first-order valence-electron chi connectivity index (χ1n) is 8.59. The van der Waals surface area contributed by atoms with Gasteiger partial charge in [-0.25, -0.2) is 0 Å². The Kier molecular flexibility index (Phi) is 4.49. The number of carbonyl (C=O) groups is 2. The van der Waals surface area contributed by atoms with E-state index in [0.29, 0.717) is 11.5 Å². The zero-order valence-electron chi connectivity index (χ0n) is 15.0. The van der Waals surface area contributed by atoms with Crippen molar-refractivity contribution in [3.05, 3.63) is 89.5 Å². The average molecular weight is 379 g/mol. The molecule has 1 amide bonds. The number of para-hydroxylation sites is 1. The van der Waals surface area contributed by atoms with Crippen molar-refractivity contribution in [2.24, 2.45) is 0 Å². The van der Waals surface area contributed by atoms with Crippen molar-refractivity contribution in [1.82, 2.24) is 4.90 Å². The highest BCUT2D eigenvalue weighted by Gasteiger charge is 2.46. The molecule has 1 N–H and O–H groups in total. The minimum Gasteiger partial charge on any atom is -0.503 e. The van der Waals surface area contributed by atoms with Crippen LogP contribution in [-0.2, 0) is 11.3 Å². The summed E-state index contributed by atoms with van der Waals surface area (Å²) in [4.78, 5) is 27.2. The van der Waals surface area contributed by atoms with Gasteiger partial charge in [0.25, 0.3) is 5.91 Å². The Labute approximate surface area is 160 Å². The van der Waals surface area contributed by atoms with E-state index in [1.807, 2.05) is 18.2 Å². The van der Waals surface area contributed by atoms with Gasteiger partial charge in [-0.15, -0.1) is 0 Å². The number of Topliss-reactive ketones (excluding diaryl/α,β-unsaturated/α-hetero) is 1. The molecule has 2 aromatic heterocycles. The molecule has 3 aromatic rings. The highest BCUT2D eigenvalue weighted by atomic mass is 16.5. The first-order chi connectivity index (χ1) is 13.6. The number of furan rings is 2. The van der Waals surface area contributed by atoms with E-state index in [0.717, 1.165) is 5.56 Å². The van der Waals surface area contributed by atoms with Crippen LogP contribution in [0.5, 0.6) is 5.75 Å². The molecule has 0 saturated heterocycles. The molecule has 1 aromatic carbocycles. The molecule has 1 atom stereocenters.